The Balaban J connectivity index is 2.06. The summed E-state index contributed by atoms with van der Waals surface area (Å²) in [5.41, 5.74) is 1.64. The third kappa shape index (κ3) is 9.13. The fourth-order valence-corrected chi connectivity index (χ4v) is 5.45. The first-order valence-electron chi connectivity index (χ1n) is 12.6. The van der Waals surface area contributed by atoms with Crippen LogP contribution >= 0.6 is 34.8 Å². The van der Waals surface area contributed by atoms with Crippen molar-refractivity contribution in [2.24, 2.45) is 5.92 Å². The lowest BCUT2D eigenvalue weighted by atomic mass is 10.0. The Hall–Kier alpha value is -2.78. The standard InChI is InChI=1S/C29H32Cl3N3O4S/c1-20(2)17-33-29(37)27(15-21-7-5-4-6-8-21)34(18-22-9-11-23(30)12-10-22)28(36)19-35(40(3,38)39)26-16-24(31)13-14-25(26)32/h4-14,16,20,27H,15,17-19H2,1-3H3,(H,33,37)/t27-/m1/s1. The maximum absolute atomic E-state index is 14.1. The Labute approximate surface area is 251 Å². The molecule has 0 aliphatic carbocycles. The van der Waals surface area contributed by atoms with Crippen molar-refractivity contribution >= 4 is 62.3 Å². The van der Waals surface area contributed by atoms with Gasteiger partial charge in [-0.3, -0.25) is 13.9 Å². The minimum absolute atomic E-state index is 0.0451. The summed E-state index contributed by atoms with van der Waals surface area (Å²) < 4.78 is 26.7. The zero-order valence-corrected chi connectivity index (χ0v) is 25.6. The highest BCUT2D eigenvalue weighted by Gasteiger charge is 2.33. The highest BCUT2D eigenvalue weighted by Crippen LogP contribution is 2.31. The lowest BCUT2D eigenvalue weighted by Gasteiger charge is -2.34. The number of amides is 2. The minimum Gasteiger partial charge on any atom is -0.354 e. The molecule has 0 radical (unpaired) electrons. The SMILES string of the molecule is CC(C)CNC(=O)[C@@H](Cc1ccccc1)N(Cc1ccc(Cl)cc1)C(=O)CN(c1cc(Cl)ccc1Cl)S(C)(=O)=O. The van der Waals surface area contributed by atoms with Gasteiger partial charge in [0.05, 0.1) is 17.0 Å². The van der Waals surface area contributed by atoms with Crippen molar-refractivity contribution in [3.05, 3.63) is 99.0 Å². The Morgan fingerprint density at radius 3 is 2.10 bits per heavy atom. The summed E-state index contributed by atoms with van der Waals surface area (Å²) in [7, 11) is -3.97. The Morgan fingerprint density at radius 2 is 1.50 bits per heavy atom. The Morgan fingerprint density at radius 1 is 0.875 bits per heavy atom. The zero-order valence-electron chi connectivity index (χ0n) is 22.5. The van der Waals surface area contributed by atoms with Crippen molar-refractivity contribution in [2.75, 3.05) is 23.7 Å². The van der Waals surface area contributed by atoms with Gasteiger partial charge < -0.3 is 10.2 Å². The van der Waals surface area contributed by atoms with E-state index in [1.807, 2.05) is 44.2 Å². The van der Waals surface area contributed by atoms with Gasteiger partial charge in [-0.05, 0) is 47.4 Å². The maximum Gasteiger partial charge on any atom is 0.244 e. The summed E-state index contributed by atoms with van der Waals surface area (Å²) in [6.45, 7) is 3.82. The second kappa shape index (κ2) is 14.2. The van der Waals surface area contributed by atoms with E-state index in [-0.39, 0.29) is 40.5 Å². The number of nitrogens with one attached hydrogen (secondary N) is 1. The fourth-order valence-electron chi connectivity index (χ4n) is 4.03. The molecule has 1 atom stereocenters. The van der Waals surface area contributed by atoms with E-state index in [9.17, 15) is 18.0 Å². The van der Waals surface area contributed by atoms with Crippen LogP contribution in [0.15, 0.2) is 72.8 Å². The summed E-state index contributed by atoms with van der Waals surface area (Å²) >= 11 is 18.5. The van der Waals surface area contributed by atoms with E-state index in [4.69, 9.17) is 34.8 Å². The molecule has 0 saturated heterocycles. The van der Waals surface area contributed by atoms with E-state index in [2.05, 4.69) is 5.32 Å². The molecule has 3 aromatic rings. The van der Waals surface area contributed by atoms with E-state index in [1.54, 1.807) is 24.3 Å². The molecule has 40 heavy (non-hydrogen) atoms. The summed E-state index contributed by atoms with van der Waals surface area (Å²) in [5.74, 6) is -0.740. The normalized spacial score (nSPS) is 12.2. The predicted octanol–water partition coefficient (Wildman–Crippen LogP) is 5.83. The van der Waals surface area contributed by atoms with Crippen LogP contribution in [0.4, 0.5) is 5.69 Å². The molecule has 2 amide bonds. The van der Waals surface area contributed by atoms with Gasteiger partial charge in [-0.15, -0.1) is 0 Å². The lowest BCUT2D eigenvalue weighted by Crippen LogP contribution is -2.53. The monoisotopic (exact) mass is 623 g/mol. The summed E-state index contributed by atoms with van der Waals surface area (Å²) in [4.78, 5) is 29.1. The summed E-state index contributed by atoms with van der Waals surface area (Å²) in [6, 6.07) is 19.7. The molecule has 214 valence electrons. The van der Waals surface area contributed by atoms with Crippen LogP contribution < -0.4 is 9.62 Å². The molecule has 11 heteroatoms. The van der Waals surface area contributed by atoms with E-state index >= 15 is 0 Å². The fraction of sp³-hybridized carbons (Fsp3) is 0.310. The van der Waals surface area contributed by atoms with Crippen LogP contribution in [0.25, 0.3) is 0 Å². The number of carbonyl (C=O) groups excluding carboxylic acids is 2. The van der Waals surface area contributed by atoms with Gasteiger partial charge in [0, 0.05) is 29.6 Å². The quantitative estimate of drug-likeness (QED) is 0.275. The van der Waals surface area contributed by atoms with Crippen LogP contribution in [-0.4, -0.2) is 50.5 Å². The number of nitrogens with zero attached hydrogens (tertiary/aromatic N) is 2. The van der Waals surface area contributed by atoms with Crippen molar-refractivity contribution in [3.63, 3.8) is 0 Å². The average molecular weight is 625 g/mol. The number of hydrogen-bond donors (Lipinski definition) is 1. The number of halogens is 3. The van der Waals surface area contributed by atoms with E-state index in [0.29, 0.717) is 11.6 Å². The zero-order chi connectivity index (χ0) is 29.4. The number of benzene rings is 3. The van der Waals surface area contributed by atoms with E-state index in [0.717, 1.165) is 21.7 Å². The summed E-state index contributed by atoms with van der Waals surface area (Å²) in [5, 5.41) is 3.84. The molecule has 0 saturated carbocycles. The molecule has 0 heterocycles. The van der Waals surface area contributed by atoms with Crippen molar-refractivity contribution in [2.45, 2.75) is 32.9 Å². The highest BCUT2D eigenvalue weighted by atomic mass is 35.5. The van der Waals surface area contributed by atoms with Gasteiger partial charge >= 0.3 is 0 Å². The molecule has 0 aliphatic heterocycles. The molecule has 0 spiro atoms. The van der Waals surface area contributed by atoms with Crippen molar-refractivity contribution in [3.8, 4) is 0 Å². The summed E-state index contributed by atoms with van der Waals surface area (Å²) in [6.07, 6.45) is 1.21. The number of anilines is 1. The average Bonchev–Trinajstić information content (AvgIpc) is 2.90. The molecule has 0 aliphatic rings. The van der Waals surface area contributed by atoms with Gasteiger partial charge in [0.1, 0.15) is 12.6 Å². The smallest absolute Gasteiger partial charge is 0.244 e. The van der Waals surface area contributed by atoms with Crippen LogP contribution in [0.3, 0.4) is 0 Å². The molecule has 1 N–H and O–H groups in total. The molecule has 7 nitrogen and oxygen atoms in total. The first kappa shape index (κ1) is 31.7. The second-order valence-electron chi connectivity index (χ2n) is 9.86. The molecule has 0 bridgehead atoms. The maximum atomic E-state index is 14.1. The molecular formula is C29H32Cl3N3O4S. The van der Waals surface area contributed by atoms with Crippen molar-refractivity contribution < 1.29 is 18.0 Å². The van der Waals surface area contributed by atoms with Gasteiger partial charge in [0.15, 0.2) is 0 Å². The molecule has 0 unspecified atom stereocenters. The molecule has 0 fully saturated rings. The van der Waals surface area contributed by atoms with Gasteiger partial charge in [0.2, 0.25) is 21.8 Å². The van der Waals surface area contributed by atoms with Gasteiger partial charge in [-0.1, -0.05) is 91.1 Å². The molecule has 0 aromatic heterocycles. The number of carbonyl (C=O) groups is 2. The van der Waals surface area contributed by atoms with Crippen LogP contribution in [0.5, 0.6) is 0 Å². The largest absolute Gasteiger partial charge is 0.354 e. The first-order valence-corrected chi connectivity index (χ1v) is 15.6. The van der Waals surface area contributed by atoms with E-state index in [1.165, 1.54) is 23.1 Å². The van der Waals surface area contributed by atoms with Crippen LogP contribution in [0.1, 0.15) is 25.0 Å². The highest BCUT2D eigenvalue weighted by molar-refractivity contribution is 7.92. The van der Waals surface area contributed by atoms with Crippen molar-refractivity contribution in [1.29, 1.82) is 0 Å². The third-order valence-corrected chi connectivity index (χ3v) is 8.01. The van der Waals surface area contributed by atoms with Crippen LogP contribution in [-0.2, 0) is 32.6 Å². The first-order chi connectivity index (χ1) is 18.8. The predicted molar refractivity (Wildman–Crippen MR) is 162 cm³/mol. The number of sulfonamides is 1. The van der Waals surface area contributed by atoms with E-state index < -0.39 is 28.5 Å². The number of rotatable bonds is 12. The van der Waals surface area contributed by atoms with Gasteiger partial charge in [-0.25, -0.2) is 8.42 Å². The van der Waals surface area contributed by atoms with Crippen molar-refractivity contribution in [1.82, 2.24) is 10.2 Å². The Bertz CT molecular complexity index is 1420. The number of hydrogen-bond acceptors (Lipinski definition) is 4. The van der Waals surface area contributed by atoms with Gasteiger partial charge in [0.25, 0.3) is 0 Å². The minimum atomic E-state index is -3.97. The van der Waals surface area contributed by atoms with Crippen LogP contribution in [0.2, 0.25) is 15.1 Å². The Kier molecular flexibility index (Phi) is 11.3. The van der Waals surface area contributed by atoms with Crippen LogP contribution in [0, 0.1) is 5.92 Å². The molecular weight excluding hydrogens is 593 g/mol. The lowest BCUT2D eigenvalue weighted by molar-refractivity contribution is -0.140. The third-order valence-electron chi connectivity index (χ3n) is 6.08. The second-order valence-corrected chi connectivity index (χ2v) is 13.0. The topological polar surface area (TPSA) is 86.8 Å². The molecule has 3 aromatic carbocycles. The van der Waals surface area contributed by atoms with Gasteiger partial charge in [-0.2, -0.15) is 0 Å². The molecule has 3 rings (SSSR count).